The van der Waals surface area contributed by atoms with Crippen molar-refractivity contribution in [3.05, 3.63) is 176 Å². The molecule has 0 spiro atoms. The zero-order chi connectivity index (χ0) is 32.3. The predicted molar refractivity (Wildman–Crippen MR) is 206 cm³/mol. The molecule has 10 rings (SSSR count). The highest BCUT2D eigenvalue weighted by Gasteiger charge is 2.20. The first kappa shape index (κ1) is 27.5. The van der Waals surface area contributed by atoms with Gasteiger partial charge in [0, 0.05) is 44.2 Å². The van der Waals surface area contributed by atoms with Gasteiger partial charge in [-0.15, -0.1) is 0 Å². The molecule has 0 atom stereocenters. The highest BCUT2D eigenvalue weighted by atomic mass is 16.3. The van der Waals surface area contributed by atoms with Gasteiger partial charge in [-0.05, 0) is 82.7 Å². The summed E-state index contributed by atoms with van der Waals surface area (Å²) >= 11 is 0. The van der Waals surface area contributed by atoms with E-state index in [4.69, 9.17) is 4.42 Å². The lowest BCUT2D eigenvalue weighted by Gasteiger charge is -2.16. The topological polar surface area (TPSA) is 30.1 Å². The number of nitrogens with one attached hydrogen (secondary N) is 1. The van der Waals surface area contributed by atoms with Gasteiger partial charge in [0.15, 0.2) is 0 Å². The molecule has 0 radical (unpaired) electrons. The van der Waals surface area contributed by atoms with Crippen molar-refractivity contribution in [2.24, 2.45) is 0 Å². The van der Waals surface area contributed by atoms with Crippen LogP contribution in [-0.4, -0.2) is 4.57 Å². The molecule has 2 heterocycles. The van der Waals surface area contributed by atoms with Gasteiger partial charge < -0.3 is 14.3 Å². The lowest BCUT2D eigenvalue weighted by Crippen LogP contribution is -1.95. The van der Waals surface area contributed by atoms with Crippen molar-refractivity contribution in [2.45, 2.75) is 0 Å². The van der Waals surface area contributed by atoms with Crippen molar-refractivity contribution in [1.82, 2.24) is 4.57 Å². The Morgan fingerprint density at radius 1 is 0.429 bits per heavy atom. The summed E-state index contributed by atoms with van der Waals surface area (Å²) in [5.74, 6) is 0. The van der Waals surface area contributed by atoms with Crippen molar-refractivity contribution in [3.8, 4) is 27.9 Å². The summed E-state index contributed by atoms with van der Waals surface area (Å²) < 4.78 is 8.75. The fraction of sp³-hybridized carbons (Fsp3) is 0. The Kier molecular flexibility index (Phi) is 6.18. The molecule has 0 aliphatic heterocycles. The molecule has 0 saturated heterocycles. The highest BCUT2D eigenvalue weighted by Crippen LogP contribution is 2.43. The molecule has 0 amide bonds. The maximum absolute atomic E-state index is 6.35. The largest absolute Gasteiger partial charge is 0.456 e. The minimum atomic E-state index is 0.899. The normalized spacial score (nSPS) is 11.7. The van der Waals surface area contributed by atoms with Gasteiger partial charge in [0.1, 0.15) is 11.2 Å². The molecule has 230 valence electrons. The van der Waals surface area contributed by atoms with E-state index in [1.165, 1.54) is 49.3 Å². The van der Waals surface area contributed by atoms with E-state index in [1.54, 1.807) is 0 Å². The Labute approximate surface area is 283 Å². The first-order valence-corrected chi connectivity index (χ1v) is 16.7. The molecule has 10 aromatic rings. The zero-order valence-electron chi connectivity index (χ0n) is 26.6. The van der Waals surface area contributed by atoms with E-state index in [2.05, 4.69) is 180 Å². The summed E-state index contributed by atoms with van der Waals surface area (Å²) in [4.78, 5) is 0. The molecule has 0 aliphatic carbocycles. The van der Waals surface area contributed by atoms with Crippen LogP contribution in [0.25, 0.3) is 82.5 Å². The van der Waals surface area contributed by atoms with E-state index in [1.807, 2.05) is 6.07 Å². The number of nitrogens with zero attached hydrogens (tertiary/aromatic N) is 1. The average Bonchev–Trinajstić information content (AvgIpc) is 3.71. The SMILES string of the molecule is c1ccc(-c2cc(-c3ccc4c(c3)c3ccc5oc6ccccc6c5c3n4-c3ccccc3)ccc2Nc2cccc3ccccc23)cc1. The Bertz CT molecular complexity index is 2840. The maximum Gasteiger partial charge on any atom is 0.137 e. The monoisotopic (exact) mass is 626 g/mol. The molecule has 8 aromatic carbocycles. The molecule has 0 bridgehead atoms. The Hall–Kier alpha value is -6.58. The van der Waals surface area contributed by atoms with Crippen LogP contribution in [0.4, 0.5) is 11.4 Å². The third-order valence-corrected chi connectivity index (χ3v) is 9.78. The molecule has 3 nitrogen and oxygen atoms in total. The average molecular weight is 627 g/mol. The fourth-order valence-electron chi connectivity index (χ4n) is 7.51. The molecule has 0 fully saturated rings. The highest BCUT2D eigenvalue weighted by molar-refractivity contribution is 6.24. The van der Waals surface area contributed by atoms with Crippen LogP contribution < -0.4 is 5.32 Å². The van der Waals surface area contributed by atoms with Gasteiger partial charge in [0.25, 0.3) is 0 Å². The molecule has 0 saturated carbocycles. The third kappa shape index (κ3) is 4.44. The predicted octanol–water partition coefficient (Wildman–Crippen LogP) is 12.9. The van der Waals surface area contributed by atoms with Gasteiger partial charge >= 0.3 is 0 Å². The molecular formula is C46H30N2O. The number of anilines is 2. The van der Waals surface area contributed by atoms with Crippen LogP contribution in [0.1, 0.15) is 0 Å². The van der Waals surface area contributed by atoms with Crippen LogP contribution in [0, 0.1) is 0 Å². The first-order valence-electron chi connectivity index (χ1n) is 16.7. The van der Waals surface area contributed by atoms with Crippen molar-refractivity contribution in [1.29, 1.82) is 0 Å². The van der Waals surface area contributed by atoms with Crippen LogP contribution in [0.2, 0.25) is 0 Å². The number of hydrogen-bond donors (Lipinski definition) is 1. The second-order valence-corrected chi connectivity index (χ2v) is 12.6. The van der Waals surface area contributed by atoms with Gasteiger partial charge in [0.2, 0.25) is 0 Å². The number of benzene rings is 8. The summed E-state index contributed by atoms with van der Waals surface area (Å²) in [5.41, 5.74) is 12.1. The lowest BCUT2D eigenvalue weighted by molar-refractivity contribution is 0.669. The van der Waals surface area contributed by atoms with E-state index >= 15 is 0 Å². The minimum Gasteiger partial charge on any atom is -0.456 e. The molecule has 2 aromatic heterocycles. The molecule has 3 heteroatoms. The molecule has 0 unspecified atom stereocenters. The zero-order valence-corrected chi connectivity index (χ0v) is 26.6. The van der Waals surface area contributed by atoms with Gasteiger partial charge in [-0.1, -0.05) is 115 Å². The smallest absolute Gasteiger partial charge is 0.137 e. The van der Waals surface area contributed by atoms with Gasteiger partial charge in [-0.25, -0.2) is 0 Å². The summed E-state index contributed by atoms with van der Waals surface area (Å²) in [5, 5.41) is 10.9. The number of aromatic nitrogens is 1. The van der Waals surface area contributed by atoms with E-state index in [0.29, 0.717) is 0 Å². The van der Waals surface area contributed by atoms with Crippen molar-refractivity contribution >= 4 is 65.9 Å². The van der Waals surface area contributed by atoms with Gasteiger partial charge in [-0.2, -0.15) is 0 Å². The molecule has 0 aliphatic rings. The molecular weight excluding hydrogens is 597 g/mol. The first-order chi connectivity index (χ1) is 24.3. The summed E-state index contributed by atoms with van der Waals surface area (Å²) in [6, 6.07) is 62.6. The van der Waals surface area contributed by atoms with Crippen LogP contribution in [0.3, 0.4) is 0 Å². The van der Waals surface area contributed by atoms with Crippen LogP contribution in [0.5, 0.6) is 0 Å². The van der Waals surface area contributed by atoms with E-state index < -0.39 is 0 Å². The summed E-state index contributed by atoms with van der Waals surface area (Å²) in [6.07, 6.45) is 0. The number of para-hydroxylation sites is 2. The summed E-state index contributed by atoms with van der Waals surface area (Å²) in [7, 11) is 0. The second kappa shape index (κ2) is 11.0. The quantitative estimate of drug-likeness (QED) is 0.206. The van der Waals surface area contributed by atoms with Crippen molar-refractivity contribution < 1.29 is 4.42 Å². The fourth-order valence-corrected chi connectivity index (χ4v) is 7.51. The van der Waals surface area contributed by atoms with Crippen LogP contribution in [0.15, 0.2) is 180 Å². The summed E-state index contributed by atoms with van der Waals surface area (Å²) in [6.45, 7) is 0. The minimum absolute atomic E-state index is 0.899. The Morgan fingerprint density at radius 2 is 1.14 bits per heavy atom. The van der Waals surface area contributed by atoms with Crippen molar-refractivity contribution in [2.75, 3.05) is 5.32 Å². The standard InChI is InChI=1S/C46H30N2O/c1-3-12-31(13-4-1)38-28-32(22-25-41(38)47-40-20-11-15-30-14-7-8-18-35(30)40)33-23-26-42-39(29-33)36-24-27-44-45(37-19-9-10-21-43(37)49-44)46(36)48(42)34-16-5-2-6-17-34/h1-29,47H. The third-order valence-electron chi connectivity index (χ3n) is 9.78. The second-order valence-electron chi connectivity index (χ2n) is 12.6. The Morgan fingerprint density at radius 3 is 2.02 bits per heavy atom. The van der Waals surface area contributed by atoms with E-state index in [9.17, 15) is 0 Å². The van der Waals surface area contributed by atoms with Crippen LogP contribution >= 0.6 is 0 Å². The molecule has 49 heavy (non-hydrogen) atoms. The number of fused-ring (bicyclic) bond motifs is 8. The van der Waals surface area contributed by atoms with Crippen LogP contribution in [-0.2, 0) is 0 Å². The van der Waals surface area contributed by atoms with Gasteiger partial charge in [-0.3, -0.25) is 0 Å². The Balaban J connectivity index is 1.18. The maximum atomic E-state index is 6.35. The number of hydrogen-bond acceptors (Lipinski definition) is 2. The van der Waals surface area contributed by atoms with E-state index in [0.717, 1.165) is 44.6 Å². The number of furan rings is 1. The van der Waals surface area contributed by atoms with Crippen molar-refractivity contribution in [3.63, 3.8) is 0 Å². The molecule has 1 N–H and O–H groups in total. The van der Waals surface area contributed by atoms with Gasteiger partial charge in [0.05, 0.1) is 16.4 Å². The lowest BCUT2D eigenvalue weighted by atomic mass is 9.96. The van der Waals surface area contributed by atoms with E-state index in [-0.39, 0.29) is 0 Å². The number of rotatable bonds is 5.